The Balaban J connectivity index is 2.88. The van der Waals surface area contributed by atoms with Gasteiger partial charge in [0.05, 0.1) is 17.6 Å². The average Bonchev–Trinajstić information content (AvgIpc) is 2.63. The number of benzene rings is 1. The van der Waals surface area contributed by atoms with Crippen LogP contribution in [0.15, 0.2) is 16.6 Å². The minimum absolute atomic E-state index is 0.220. The van der Waals surface area contributed by atoms with Gasteiger partial charge in [0, 0.05) is 28.6 Å². The van der Waals surface area contributed by atoms with E-state index in [-0.39, 0.29) is 6.04 Å². The van der Waals surface area contributed by atoms with Crippen molar-refractivity contribution < 1.29 is 4.74 Å². The number of aromatic nitrogens is 1. The fourth-order valence-electron chi connectivity index (χ4n) is 2.27. The van der Waals surface area contributed by atoms with E-state index >= 15 is 0 Å². The van der Waals surface area contributed by atoms with Crippen LogP contribution in [0.1, 0.15) is 18.7 Å². The van der Waals surface area contributed by atoms with E-state index in [1.54, 1.807) is 7.11 Å². The van der Waals surface area contributed by atoms with Crippen LogP contribution in [-0.2, 0) is 7.05 Å². The summed E-state index contributed by atoms with van der Waals surface area (Å²) in [5.41, 5.74) is 2.16. The van der Waals surface area contributed by atoms with Crippen molar-refractivity contribution in [1.29, 1.82) is 0 Å². The first-order valence-corrected chi connectivity index (χ1v) is 6.87. The summed E-state index contributed by atoms with van der Waals surface area (Å²) in [6.07, 6.45) is 0. The number of hydrogen-bond donors (Lipinski definition) is 1. The van der Waals surface area contributed by atoms with Crippen molar-refractivity contribution in [2.24, 2.45) is 7.05 Å². The molecule has 0 saturated heterocycles. The SMILES string of the molecule is CNC(C)c1c(Br)c2c(Cl)ccc(OC)c2n1C. The van der Waals surface area contributed by atoms with Crippen molar-refractivity contribution in [3.05, 3.63) is 27.3 Å². The van der Waals surface area contributed by atoms with E-state index in [2.05, 4.69) is 32.7 Å². The molecule has 1 aromatic heterocycles. The molecule has 2 aromatic rings. The molecule has 0 aliphatic carbocycles. The van der Waals surface area contributed by atoms with Crippen molar-refractivity contribution in [3.8, 4) is 5.75 Å². The number of halogens is 2. The molecule has 18 heavy (non-hydrogen) atoms. The molecule has 0 saturated carbocycles. The molecular formula is C13H16BrClN2O. The maximum Gasteiger partial charge on any atom is 0.143 e. The van der Waals surface area contributed by atoms with Gasteiger partial charge in [0.15, 0.2) is 0 Å². The zero-order chi connectivity index (χ0) is 13.4. The molecular weight excluding hydrogens is 316 g/mol. The number of methoxy groups -OCH3 is 1. The van der Waals surface area contributed by atoms with Gasteiger partial charge in [-0.25, -0.2) is 0 Å². The Morgan fingerprint density at radius 3 is 2.67 bits per heavy atom. The molecule has 0 spiro atoms. The predicted molar refractivity (Wildman–Crippen MR) is 79.7 cm³/mol. The summed E-state index contributed by atoms with van der Waals surface area (Å²) in [6, 6.07) is 3.98. The third-order valence-corrected chi connectivity index (χ3v) is 4.41. The third-order valence-electron chi connectivity index (χ3n) is 3.29. The molecule has 1 aromatic carbocycles. The number of nitrogens with one attached hydrogen (secondary N) is 1. The lowest BCUT2D eigenvalue weighted by Gasteiger charge is -2.13. The Bertz CT molecular complexity index is 594. The highest BCUT2D eigenvalue weighted by molar-refractivity contribution is 9.10. The Labute approximate surface area is 120 Å². The smallest absolute Gasteiger partial charge is 0.143 e. The second-order valence-electron chi connectivity index (χ2n) is 4.24. The Morgan fingerprint density at radius 2 is 2.11 bits per heavy atom. The zero-order valence-corrected chi connectivity index (χ0v) is 13.2. The van der Waals surface area contributed by atoms with Gasteiger partial charge in [0.2, 0.25) is 0 Å². The Morgan fingerprint density at radius 1 is 1.44 bits per heavy atom. The van der Waals surface area contributed by atoms with Crippen LogP contribution in [0.25, 0.3) is 10.9 Å². The van der Waals surface area contributed by atoms with Crippen LogP contribution < -0.4 is 10.1 Å². The van der Waals surface area contributed by atoms with E-state index in [1.165, 1.54) is 0 Å². The molecule has 0 aliphatic heterocycles. The minimum Gasteiger partial charge on any atom is -0.495 e. The van der Waals surface area contributed by atoms with Gasteiger partial charge in [0.1, 0.15) is 5.75 Å². The lowest BCUT2D eigenvalue weighted by molar-refractivity contribution is 0.417. The molecule has 98 valence electrons. The maximum atomic E-state index is 6.31. The first-order chi connectivity index (χ1) is 8.52. The van der Waals surface area contributed by atoms with Gasteiger partial charge in [-0.1, -0.05) is 11.6 Å². The Hall–Kier alpha value is -0.710. The van der Waals surface area contributed by atoms with E-state index in [4.69, 9.17) is 16.3 Å². The number of hydrogen-bond acceptors (Lipinski definition) is 2. The summed E-state index contributed by atoms with van der Waals surface area (Å²) in [5, 5.41) is 4.97. The Kier molecular flexibility index (Phi) is 3.90. The highest BCUT2D eigenvalue weighted by Crippen LogP contribution is 2.41. The van der Waals surface area contributed by atoms with Crippen LogP contribution in [0.2, 0.25) is 5.02 Å². The van der Waals surface area contributed by atoms with E-state index in [9.17, 15) is 0 Å². The van der Waals surface area contributed by atoms with Crippen LogP contribution >= 0.6 is 27.5 Å². The van der Waals surface area contributed by atoms with Gasteiger partial charge in [-0.15, -0.1) is 0 Å². The van der Waals surface area contributed by atoms with Gasteiger partial charge in [-0.3, -0.25) is 0 Å². The van der Waals surface area contributed by atoms with Gasteiger partial charge >= 0.3 is 0 Å². The zero-order valence-electron chi connectivity index (χ0n) is 10.8. The second-order valence-corrected chi connectivity index (χ2v) is 5.44. The van der Waals surface area contributed by atoms with Gasteiger partial charge in [-0.2, -0.15) is 0 Å². The third kappa shape index (κ3) is 1.92. The summed E-state index contributed by atoms with van der Waals surface area (Å²) in [6.45, 7) is 2.11. The van der Waals surface area contributed by atoms with Gasteiger partial charge < -0.3 is 14.6 Å². The number of nitrogens with zero attached hydrogens (tertiary/aromatic N) is 1. The first kappa shape index (κ1) is 13.7. The van der Waals surface area contributed by atoms with E-state index < -0.39 is 0 Å². The molecule has 1 heterocycles. The number of ether oxygens (including phenoxy) is 1. The largest absolute Gasteiger partial charge is 0.495 e. The van der Waals surface area contributed by atoms with Crippen molar-refractivity contribution in [1.82, 2.24) is 9.88 Å². The lowest BCUT2D eigenvalue weighted by Crippen LogP contribution is -2.16. The molecule has 5 heteroatoms. The van der Waals surface area contributed by atoms with Gasteiger partial charge in [-0.05, 0) is 42.0 Å². The van der Waals surface area contributed by atoms with Crippen LogP contribution in [0.3, 0.4) is 0 Å². The minimum atomic E-state index is 0.220. The van der Waals surface area contributed by atoms with E-state index in [1.807, 2.05) is 26.2 Å². The van der Waals surface area contributed by atoms with Crippen molar-refractivity contribution in [2.45, 2.75) is 13.0 Å². The maximum absolute atomic E-state index is 6.31. The summed E-state index contributed by atoms with van der Waals surface area (Å²) in [7, 11) is 5.63. The van der Waals surface area contributed by atoms with Crippen LogP contribution in [0.4, 0.5) is 0 Å². The summed E-state index contributed by atoms with van der Waals surface area (Å²) in [4.78, 5) is 0. The lowest BCUT2D eigenvalue weighted by atomic mass is 10.2. The average molecular weight is 332 g/mol. The molecule has 3 nitrogen and oxygen atoms in total. The normalized spacial score (nSPS) is 13.0. The van der Waals surface area contributed by atoms with Gasteiger partial charge in [0.25, 0.3) is 0 Å². The van der Waals surface area contributed by atoms with Crippen molar-refractivity contribution >= 4 is 38.4 Å². The fourth-order valence-corrected chi connectivity index (χ4v) is 3.64. The summed E-state index contributed by atoms with van der Waals surface area (Å²) in [5.74, 6) is 0.826. The molecule has 0 amide bonds. The highest BCUT2D eigenvalue weighted by Gasteiger charge is 2.21. The quantitative estimate of drug-likeness (QED) is 0.923. The molecule has 0 bridgehead atoms. The van der Waals surface area contributed by atoms with Crippen LogP contribution in [0.5, 0.6) is 5.75 Å². The van der Waals surface area contributed by atoms with E-state index in [0.717, 1.165) is 31.8 Å². The molecule has 1 atom stereocenters. The van der Waals surface area contributed by atoms with Crippen molar-refractivity contribution in [3.63, 3.8) is 0 Å². The molecule has 1 N–H and O–H groups in total. The number of rotatable bonds is 3. The van der Waals surface area contributed by atoms with Crippen molar-refractivity contribution in [2.75, 3.05) is 14.2 Å². The molecule has 2 rings (SSSR count). The first-order valence-electron chi connectivity index (χ1n) is 5.70. The number of aryl methyl sites for hydroxylation is 1. The molecule has 0 radical (unpaired) electrons. The molecule has 0 aliphatic rings. The van der Waals surface area contributed by atoms with Crippen LogP contribution in [0, 0.1) is 0 Å². The molecule has 1 unspecified atom stereocenters. The standard InChI is InChI=1S/C13H16BrClN2O/c1-7(16-2)12-11(14)10-8(15)5-6-9(18-4)13(10)17(12)3/h5-7,16H,1-4H3. The topological polar surface area (TPSA) is 26.2 Å². The second kappa shape index (κ2) is 5.11. The fraction of sp³-hybridized carbons (Fsp3) is 0.385. The summed E-state index contributed by atoms with van der Waals surface area (Å²) >= 11 is 9.96. The van der Waals surface area contributed by atoms with E-state index in [0.29, 0.717) is 0 Å². The number of fused-ring (bicyclic) bond motifs is 1. The summed E-state index contributed by atoms with van der Waals surface area (Å²) < 4.78 is 8.56. The molecule has 0 fully saturated rings. The predicted octanol–water partition coefficient (Wildman–Crippen LogP) is 3.88. The highest BCUT2D eigenvalue weighted by atomic mass is 79.9. The van der Waals surface area contributed by atoms with Crippen LogP contribution in [-0.4, -0.2) is 18.7 Å². The monoisotopic (exact) mass is 330 g/mol.